The van der Waals surface area contributed by atoms with Gasteiger partial charge in [0.15, 0.2) is 16.6 Å². The highest BCUT2D eigenvalue weighted by atomic mass is 32.1. The molecule has 0 aliphatic rings. The van der Waals surface area contributed by atoms with E-state index in [-0.39, 0.29) is 22.8 Å². The molecular formula is C34H50F6O4SSi2. The van der Waals surface area contributed by atoms with Gasteiger partial charge in [0.1, 0.15) is 12.4 Å². The van der Waals surface area contributed by atoms with E-state index in [0.29, 0.717) is 41.9 Å². The lowest BCUT2D eigenvalue weighted by molar-refractivity contribution is -0.347. The number of hydrogen-bond donors (Lipinski definition) is 1. The number of thiophene rings is 1. The largest absolute Gasteiger partial charge is 0.488 e. The Morgan fingerprint density at radius 1 is 0.766 bits per heavy atom. The predicted molar refractivity (Wildman–Crippen MR) is 184 cm³/mol. The number of rotatable bonds is 13. The minimum absolute atomic E-state index is 0.0370. The molecule has 0 atom stereocenters. The molecule has 2 aromatic rings. The van der Waals surface area contributed by atoms with Crippen LogP contribution in [-0.2, 0) is 28.7 Å². The van der Waals surface area contributed by atoms with Crippen LogP contribution in [0.3, 0.4) is 0 Å². The molecule has 0 bridgehead atoms. The SMILES string of the molecule is CCC(=CC=CC(O)(C(F)(F)F)C(F)(F)F)c1ccc(COc2ccc(CO[Si](C)(C)C(C)(C)C)c(CO[Si](C)(C)C(C)(C)C)c2)s1. The van der Waals surface area contributed by atoms with E-state index >= 15 is 0 Å². The molecule has 13 heteroatoms. The average molecular weight is 725 g/mol. The van der Waals surface area contributed by atoms with E-state index in [1.165, 1.54) is 11.3 Å². The molecule has 0 amide bonds. The van der Waals surface area contributed by atoms with Gasteiger partial charge in [-0.1, -0.05) is 66.7 Å². The number of aliphatic hydroxyl groups is 1. The quantitative estimate of drug-likeness (QED) is 0.127. The molecule has 1 N–H and O–H groups in total. The molecule has 1 heterocycles. The summed E-state index contributed by atoms with van der Waals surface area (Å²) in [6.45, 7) is 24.8. The zero-order chi connectivity index (χ0) is 36.3. The van der Waals surface area contributed by atoms with Gasteiger partial charge in [-0.2, -0.15) is 26.3 Å². The fourth-order valence-corrected chi connectivity index (χ4v) is 6.64. The Kier molecular flexibility index (Phi) is 13.1. The Labute approximate surface area is 282 Å². The molecule has 0 spiro atoms. The summed E-state index contributed by atoms with van der Waals surface area (Å²) in [5.74, 6) is 0.637. The highest BCUT2D eigenvalue weighted by Crippen LogP contribution is 2.44. The summed E-state index contributed by atoms with van der Waals surface area (Å²) in [5, 5.41) is 9.47. The third-order valence-electron chi connectivity index (χ3n) is 9.21. The van der Waals surface area contributed by atoms with Crippen molar-refractivity contribution in [2.24, 2.45) is 0 Å². The molecule has 4 nitrogen and oxygen atoms in total. The number of halogens is 6. The van der Waals surface area contributed by atoms with Crippen LogP contribution < -0.4 is 4.74 Å². The monoisotopic (exact) mass is 724 g/mol. The summed E-state index contributed by atoms with van der Waals surface area (Å²) in [5.41, 5.74) is -2.41. The number of alkyl halides is 6. The second-order valence-electron chi connectivity index (χ2n) is 14.7. The molecule has 0 unspecified atom stereocenters. The van der Waals surface area contributed by atoms with Crippen LogP contribution in [0.5, 0.6) is 5.75 Å². The lowest BCUT2D eigenvalue weighted by Crippen LogP contribution is -2.55. The summed E-state index contributed by atoms with van der Waals surface area (Å²) in [6.07, 6.45) is -10.0. The zero-order valence-electron chi connectivity index (χ0n) is 29.3. The first-order valence-electron chi connectivity index (χ1n) is 15.5. The van der Waals surface area contributed by atoms with Gasteiger partial charge in [0, 0.05) is 9.75 Å². The van der Waals surface area contributed by atoms with Crippen molar-refractivity contribution in [2.45, 2.75) is 129 Å². The maximum atomic E-state index is 13.0. The second-order valence-corrected chi connectivity index (χ2v) is 25.5. The van der Waals surface area contributed by atoms with E-state index in [4.69, 9.17) is 13.6 Å². The minimum atomic E-state index is -5.91. The van der Waals surface area contributed by atoms with Gasteiger partial charge in [-0.25, -0.2) is 0 Å². The maximum absolute atomic E-state index is 13.0. The summed E-state index contributed by atoms with van der Waals surface area (Å²) in [4.78, 5) is 1.48. The standard InChI is InChI=1S/C34H50F6O4SSi2/c1-12-24(14-13-19-32(41,33(35,36)37)34(38,39)40)29-18-17-28(45-29)23-42-27-16-15-25(21-43-46(8,9)30(2,3)4)26(20-27)22-44-47(10,11)31(5,6)7/h13-20,41H,12,21-23H2,1-11H3. The van der Waals surface area contributed by atoms with E-state index < -0.39 is 34.6 Å². The highest BCUT2D eigenvalue weighted by Gasteiger charge is 2.68. The number of benzene rings is 1. The molecule has 0 saturated carbocycles. The van der Waals surface area contributed by atoms with Gasteiger partial charge in [-0.05, 0) is 89.7 Å². The fourth-order valence-electron chi connectivity index (χ4n) is 3.73. The number of allylic oxidation sites excluding steroid dienone is 3. The highest BCUT2D eigenvalue weighted by molar-refractivity contribution is 7.13. The Balaban J connectivity index is 2.28. The molecule has 1 aromatic carbocycles. The van der Waals surface area contributed by atoms with Crippen LogP contribution in [0.25, 0.3) is 5.57 Å². The molecule has 47 heavy (non-hydrogen) atoms. The van der Waals surface area contributed by atoms with E-state index in [9.17, 15) is 31.4 Å². The van der Waals surface area contributed by atoms with Crippen molar-refractivity contribution in [2.75, 3.05) is 0 Å². The molecule has 0 saturated heterocycles. The molecule has 1 aromatic heterocycles. The Morgan fingerprint density at radius 3 is 1.74 bits per heavy atom. The normalized spacial score (nSPS) is 14.7. The van der Waals surface area contributed by atoms with Crippen LogP contribution in [0.1, 0.15) is 75.8 Å². The predicted octanol–water partition coefficient (Wildman–Crippen LogP) is 11.6. The van der Waals surface area contributed by atoms with Gasteiger partial charge in [-0.3, -0.25) is 0 Å². The van der Waals surface area contributed by atoms with Crippen LogP contribution in [0, 0.1) is 0 Å². The van der Waals surface area contributed by atoms with Gasteiger partial charge in [-0.15, -0.1) is 11.3 Å². The first-order valence-corrected chi connectivity index (χ1v) is 22.1. The Bertz CT molecular complexity index is 1380. The summed E-state index contributed by atoms with van der Waals surface area (Å²) < 4.78 is 97.3. The topological polar surface area (TPSA) is 47.9 Å². The Morgan fingerprint density at radius 2 is 1.28 bits per heavy atom. The first kappa shape index (κ1) is 41.3. The summed E-state index contributed by atoms with van der Waals surface area (Å²) in [7, 11) is -4.05. The molecule has 0 aliphatic heterocycles. The molecule has 0 radical (unpaired) electrons. The van der Waals surface area contributed by atoms with Gasteiger partial charge < -0.3 is 18.7 Å². The van der Waals surface area contributed by atoms with Crippen molar-refractivity contribution >= 4 is 33.5 Å². The molecule has 0 fully saturated rings. The third-order valence-corrected chi connectivity index (χ3v) is 19.3. The average Bonchev–Trinajstić information content (AvgIpc) is 3.38. The number of hydrogen-bond acceptors (Lipinski definition) is 5. The molecule has 0 aliphatic carbocycles. The lowest BCUT2D eigenvalue weighted by Gasteiger charge is -2.37. The van der Waals surface area contributed by atoms with Gasteiger partial charge in [0.05, 0.1) is 13.2 Å². The summed E-state index contributed by atoms with van der Waals surface area (Å²) >= 11 is 1.32. The van der Waals surface area contributed by atoms with Gasteiger partial charge in [0.2, 0.25) is 0 Å². The fraction of sp³-hybridized carbons (Fsp3) is 0.588. The summed E-state index contributed by atoms with van der Waals surface area (Å²) in [6, 6.07) is 9.40. The Hall–Kier alpha value is -1.91. The lowest BCUT2D eigenvalue weighted by atomic mass is 10.0. The minimum Gasteiger partial charge on any atom is -0.488 e. The van der Waals surface area contributed by atoms with Crippen LogP contribution in [0.4, 0.5) is 26.3 Å². The number of ether oxygens (including phenoxy) is 1. The second kappa shape index (κ2) is 14.9. The van der Waals surface area contributed by atoms with Crippen molar-refractivity contribution in [3.63, 3.8) is 0 Å². The van der Waals surface area contributed by atoms with Gasteiger partial charge in [0.25, 0.3) is 5.60 Å². The molecule has 266 valence electrons. The van der Waals surface area contributed by atoms with Crippen molar-refractivity contribution in [1.82, 2.24) is 0 Å². The zero-order valence-corrected chi connectivity index (χ0v) is 32.1. The van der Waals surface area contributed by atoms with E-state index in [0.717, 1.165) is 22.1 Å². The van der Waals surface area contributed by atoms with Crippen LogP contribution in [0.15, 0.2) is 48.6 Å². The third kappa shape index (κ3) is 10.5. The van der Waals surface area contributed by atoms with Crippen molar-refractivity contribution < 1.29 is 45.0 Å². The van der Waals surface area contributed by atoms with E-state index in [1.54, 1.807) is 19.1 Å². The van der Waals surface area contributed by atoms with E-state index in [2.05, 4.69) is 67.7 Å². The smallest absolute Gasteiger partial charge is 0.430 e. The molecular weight excluding hydrogens is 675 g/mol. The van der Waals surface area contributed by atoms with E-state index in [1.807, 2.05) is 18.2 Å². The van der Waals surface area contributed by atoms with Crippen LogP contribution in [-0.4, -0.2) is 39.7 Å². The van der Waals surface area contributed by atoms with Gasteiger partial charge >= 0.3 is 12.4 Å². The van der Waals surface area contributed by atoms with Crippen molar-refractivity contribution in [3.8, 4) is 5.75 Å². The van der Waals surface area contributed by atoms with Crippen LogP contribution >= 0.6 is 11.3 Å². The maximum Gasteiger partial charge on any atom is 0.430 e. The van der Waals surface area contributed by atoms with Crippen molar-refractivity contribution in [1.29, 1.82) is 0 Å². The molecule has 2 rings (SSSR count). The van der Waals surface area contributed by atoms with Crippen LogP contribution in [0.2, 0.25) is 36.3 Å². The first-order chi connectivity index (χ1) is 21.1. The van der Waals surface area contributed by atoms with Crippen molar-refractivity contribution in [3.05, 3.63) is 69.4 Å².